The molecule has 0 fully saturated rings. The van der Waals surface area contributed by atoms with Crippen molar-refractivity contribution in [3.63, 3.8) is 0 Å². The maximum Gasteiger partial charge on any atom is 0.0406 e. The summed E-state index contributed by atoms with van der Waals surface area (Å²) in [6, 6.07) is 45.7. The Morgan fingerprint density at radius 2 is 0.886 bits per heavy atom. The Balaban J connectivity index is 1.53. The van der Waals surface area contributed by atoms with Crippen LogP contribution in [0.5, 0.6) is 0 Å². The van der Waals surface area contributed by atoms with E-state index >= 15 is 0 Å². The van der Waals surface area contributed by atoms with Crippen LogP contribution in [0.3, 0.4) is 0 Å². The Kier molecular flexibility index (Phi) is 4.62. The Morgan fingerprint density at radius 1 is 0.371 bits per heavy atom. The highest BCUT2D eigenvalue weighted by molar-refractivity contribution is 6.31. The molecule has 0 spiro atoms. The molecule has 0 N–H and O–H groups in total. The van der Waals surface area contributed by atoms with Crippen LogP contribution >= 0.6 is 11.6 Å². The summed E-state index contributed by atoms with van der Waals surface area (Å²) >= 11 is 6.23. The lowest BCUT2D eigenvalue weighted by Crippen LogP contribution is -1.91. The van der Waals surface area contributed by atoms with E-state index in [4.69, 9.17) is 11.6 Å². The molecule has 164 valence electrons. The topological polar surface area (TPSA) is 0 Å². The van der Waals surface area contributed by atoms with Crippen LogP contribution in [0.15, 0.2) is 127 Å². The molecule has 0 bridgehead atoms. The second kappa shape index (κ2) is 7.98. The Morgan fingerprint density at radius 3 is 1.49 bits per heavy atom. The standard InChI is InChI=1S/C34H21Cl/c35-28-17-13-25(14-18-28)32-21-31(24-11-9-23(10-12-24)22-5-2-1-3-6-22)29-19-15-26-7-4-8-27-16-20-30(32)34(29)33(26)27/h1-21H. The van der Waals surface area contributed by atoms with E-state index in [2.05, 4.69) is 115 Å². The fourth-order valence-electron chi connectivity index (χ4n) is 5.41. The van der Waals surface area contributed by atoms with Gasteiger partial charge in [-0.3, -0.25) is 0 Å². The molecule has 7 aromatic carbocycles. The summed E-state index contributed by atoms with van der Waals surface area (Å²) in [5.41, 5.74) is 7.34. The smallest absolute Gasteiger partial charge is 0.0406 e. The van der Waals surface area contributed by atoms with Gasteiger partial charge >= 0.3 is 0 Å². The van der Waals surface area contributed by atoms with Crippen LogP contribution < -0.4 is 0 Å². The predicted molar refractivity (Wildman–Crippen MR) is 151 cm³/mol. The minimum atomic E-state index is 0.753. The monoisotopic (exact) mass is 464 g/mol. The van der Waals surface area contributed by atoms with Gasteiger partial charge in [-0.15, -0.1) is 0 Å². The van der Waals surface area contributed by atoms with Crippen LogP contribution in [-0.4, -0.2) is 0 Å². The van der Waals surface area contributed by atoms with Gasteiger partial charge in [-0.2, -0.15) is 0 Å². The Hall–Kier alpha value is -4.13. The molecule has 0 saturated heterocycles. The molecule has 0 saturated carbocycles. The highest BCUT2D eigenvalue weighted by Crippen LogP contribution is 2.44. The predicted octanol–water partition coefficient (Wildman–Crippen LogP) is 10.2. The number of halogens is 1. The van der Waals surface area contributed by atoms with Gasteiger partial charge < -0.3 is 0 Å². The summed E-state index contributed by atoms with van der Waals surface area (Å²) in [4.78, 5) is 0. The van der Waals surface area contributed by atoms with Gasteiger partial charge in [-0.25, -0.2) is 0 Å². The maximum atomic E-state index is 6.23. The molecule has 0 amide bonds. The molecule has 0 heterocycles. The minimum Gasteiger partial charge on any atom is -0.0843 e. The number of hydrogen-bond donors (Lipinski definition) is 0. The van der Waals surface area contributed by atoms with E-state index in [1.807, 2.05) is 12.1 Å². The quantitative estimate of drug-likeness (QED) is 0.228. The van der Waals surface area contributed by atoms with E-state index in [0.717, 1.165) is 5.02 Å². The molecule has 0 atom stereocenters. The van der Waals surface area contributed by atoms with Gasteiger partial charge in [0.05, 0.1) is 0 Å². The van der Waals surface area contributed by atoms with E-state index in [9.17, 15) is 0 Å². The molecule has 7 aromatic rings. The third kappa shape index (κ3) is 3.30. The van der Waals surface area contributed by atoms with Crippen LogP contribution in [0.1, 0.15) is 0 Å². The van der Waals surface area contributed by atoms with Gasteiger partial charge in [-0.1, -0.05) is 121 Å². The Labute approximate surface area is 209 Å². The minimum absolute atomic E-state index is 0.753. The van der Waals surface area contributed by atoms with Gasteiger partial charge in [-0.05, 0) is 83.9 Å². The van der Waals surface area contributed by atoms with Gasteiger partial charge in [0.25, 0.3) is 0 Å². The van der Waals surface area contributed by atoms with Crippen molar-refractivity contribution >= 4 is 43.9 Å². The Bertz CT molecular complexity index is 1800. The lowest BCUT2D eigenvalue weighted by molar-refractivity contribution is 1.60. The molecular formula is C34H21Cl. The van der Waals surface area contributed by atoms with Crippen LogP contribution in [0.2, 0.25) is 5.02 Å². The van der Waals surface area contributed by atoms with Crippen LogP contribution in [0, 0.1) is 0 Å². The molecule has 0 unspecified atom stereocenters. The second-order valence-electron chi connectivity index (χ2n) is 9.10. The van der Waals surface area contributed by atoms with Gasteiger partial charge in [0.2, 0.25) is 0 Å². The zero-order chi connectivity index (χ0) is 23.4. The second-order valence-corrected chi connectivity index (χ2v) is 9.54. The molecule has 0 aliphatic rings. The summed E-state index contributed by atoms with van der Waals surface area (Å²) in [5.74, 6) is 0. The third-order valence-corrected chi connectivity index (χ3v) is 7.36. The van der Waals surface area contributed by atoms with Crippen molar-refractivity contribution < 1.29 is 0 Å². The first-order valence-electron chi connectivity index (χ1n) is 11.9. The average Bonchev–Trinajstić information content (AvgIpc) is 2.92. The molecule has 35 heavy (non-hydrogen) atoms. The first-order chi connectivity index (χ1) is 17.3. The van der Waals surface area contributed by atoms with E-state index in [1.54, 1.807) is 0 Å². The van der Waals surface area contributed by atoms with E-state index in [1.165, 1.54) is 65.7 Å². The van der Waals surface area contributed by atoms with Gasteiger partial charge in [0.1, 0.15) is 0 Å². The van der Waals surface area contributed by atoms with Crippen molar-refractivity contribution in [2.24, 2.45) is 0 Å². The van der Waals surface area contributed by atoms with Crippen molar-refractivity contribution in [2.45, 2.75) is 0 Å². The van der Waals surface area contributed by atoms with E-state index in [-0.39, 0.29) is 0 Å². The van der Waals surface area contributed by atoms with Crippen LogP contribution in [0.25, 0.3) is 65.7 Å². The normalized spacial score (nSPS) is 11.6. The fourth-order valence-corrected chi connectivity index (χ4v) is 5.54. The first-order valence-corrected chi connectivity index (χ1v) is 12.3. The fraction of sp³-hybridized carbons (Fsp3) is 0. The molecule has 0 radical (unpaired) electrons. The van der Waals surface area contributed by atoms with Gasteiger partial charge in [0, 0.05) is 5.02 Å². The van der Waals surface area contributed by atoms with Crippen molar-refractivity contribution in [3.05, 3.63) is 132 Å². The van der Waals surface area contributed by atoms with Crippen molar-refractivity contribution in [2.75, 3.05) is 0 Å². The lowest BCUT2D eigenvalue weighted by Gasteiger charge is -2.18. The first kappa shape index (κ1) is 20.3. The third-order valence-electron chi connectivity index (χ3n) is 7.10. The van der Waals surface area contributed by atoms with Crippen molar-refractivity contribution in [1.82, 2.24) is 0 Å². The number of rotatable bonds is 3. The maximum absolute atomic E-state index is 6.23. The molecule has 0 aliphatic heterocycles. The van der Waals surface area contributed by atoms with Gasteiger partial charge in [0.15, 0.2) is 0 Å². The summed E-state index contributed by atoms with van der Waals surface area (Å²) < 4.78 is 0. The molecule has 7 rings (SSSR count). The summed E-state index contributed by atoms with van der Waals surface area (Å²) in [6.07, 6.45) is 0. The summed E-state index contributed by atoms with van der Waals surface area (Å²) in [6.45, 7) is 0. The molecule has 1 heteroatoms. The zero-order valence-corrected chi connectivity index (χ0v) is 19.8. The van der Waals surface area contributed by atoms with Crippen LogP contribution in [0.4, 0.5) is 0 Å². The van der Waals surface area contributed by atoms with Crippen molar-refractivity contribution in [1.29, 1.82) is 0 Å². The summed E-state index contributed by atoms with van der Waals surface area (Å²) in [7, 11) is 0. The molecule has 0 aliphatic carbocycles. The van der Waals surface area contributed by atoms with Crippen molar-refractivity contribution in [3.8, 4) is 33.4 Å². The molecule has 0 aromatic heterocycles. The highest BCUT2D eigenvalue weighted by atomic mass is 35.5. The van der Waals surface area contributed by atoms with E-state index in [0.29, 0.717) is 0 Å². The van der Waals surface area contributed by atoms with E-state index < -0.39 is 0 Å². The molecular weight excluding hydrogens is 444 g/mol. The highest BCUT2D eigenvalue weighted by Gasteiger charge is 2.16. The number of benzene rings is 7. The van der Waals surface area contributed by atoms with Crippen LogP contribution in [-0.2, 0) is 0 Å². The zero-order valence-electron chi connectivity index (χ0n) is 19.0. The lowest BCUT2D eigenvalue weighted by atomic mass is 9.85. The average molecular weight is 465 g/mol. The SMILES string of the molecule is Clc1ccc(-c2cc(-c3ccc(-c4ccccc4)cc3)c3ccc4cccc5ccc2c3c54)cc1. The number of hydrogen-bond acceptors (Lipinski definition) is 0. The largest absolute Gasteiger partial charge is 0.0843 e. The summed E-state index contributed by atoms with van der Waals surface area (Å²) in [5, 5.41) is 8.53. The molecule has 0 nitrogen and oxygen atoms in total.